The van der Waals surface area contributed by atoms with Crippen LogP contribution in [0.2, 0.25) is 5.02 Å². The standard InChI is InChI=1S/C12H12ClF3N4O/c1-6(2)11(21)17-4-9-18-19-10-8(12(14,15)16)3-7(13)5-20(9)10/h3,5-6H,4H2,1-2H3,(H,17,21). The summed E-state index contributed by atoms with van der Waals surface area (Å²) in [5, 5.41) is 9.69. The molecule has 2 rings (SSSR count). The van der Waals surface area contributed by atoms with Crippen molar-refractivity contribution >= 4 is 23.2 Å². The Kier molecular flexibility index (Phi) is 4.08. The quantitative estimate of drug-likeness (QED) is 0.946. The summed E-state index contributed by atoms with van der Waals surface area (Å²) in [6.07, 6.45) is -3.30. The smallest absolute Gasteiger partial charge is 0.349 e. The second-order valence-corrected chi connectivity index (χ2v) is 5.19. The van der Waals surface area contributed by atoms with Crippen LogP contribution in [0.25, 0.3) is 5.65 Å². The van der Waals surface area contributed by atoms with Gasteiger partial charge >= 0.3 is 6.18 Å². The lowest BCUT2D eigenvalue weighted by Crippen LogP contribution is -2.28. The van der Waals surface area contributed by atoms with E-state index in [-0.39, 0.29) is 34.9 Å². The fourth-order valence-electron chi connectivity index (χ4n) is 1.71. The van der Waals surface area contributed by atoms with E-state index in [0.29, 0.717) is 0 Å². The lowest BCUT2D eigenvalue weighted by Gasteiger charge is -2.09. The third-order valence-corrected chi connectivity index (χ3v) is 3.00. The van der Waals surface area contributed by atoms with Gasteiger partial charge < -0.3 is 5.32 Å². The zero-order chi connectivity index (χ0) is 15.8. The molecule has 0 unspecified atom stereocenters. The first-order valence-electron chi connectivity index (χ1n) is 6.08. The number of rotatable bonds is 3. The van der Waals surface area contributed by atoms with Gasteiger partial charge in [-0.15, -0.1) is 10.2 Å². The van der Waals surface area contributed by atoms with Crippen LogP contribution in [0.3, 0.4) is 0 Å². The van der Waals surface area contributed by atoms with Gasteiger partial charge in [-0.25, -0.2) is 0 Å². The van der Waals surface area contributed by atoms with Crippen molar-refractivity contribution in [3.8, 4) is 0 Å². The summed E-state index contributed by atoms with van der Waals surface area (Å²) in [7, 11) is 0. The first kappa shape index (κ1) is 15.6. The summed E-state index contributed by atoms with van der Waals surface area (Å²) in [5.41, 5.74) is -1.32. The highest BCUT2D eigenvalue weighted by Crippen LogP contribution is 2.33. The first-order chi connectivity index (χ1) is 9.70. The van der Waals surface area contributed by atoms with Crippen LogP contribution in [0.1, 0.15) is 25.2 Å². The van der Waals surface area contributed by atoms with Crippen LogP contribution in [0.4, 0.5) is 13.2 Å². The average Bonchev–Trinajstić information content (AvgIpc) is 2.76. The molecule has 0 spiro atoms. The second-order valence-electron chi connectivity index (χ2n) is 4.75. The number of amides is 1. The number of nitrogens with zero attached hydrogens (tertiary/aromatic N) is 3. The molecule has 0 aliphatic rings. The van der Waals surface area contributed by atoms with Crippen molar-refractivity contribution in [2.75, 3.05) is 0 Å². The van der Waals surface area contributed by atoms with Crippen LogP contribution in [0.15, 0.2) is 12.3 Å². The SMILES string of the molecule is CC(C)C(=O)NCc1nnc2c(C(F)(F)F)cc(Cl)cn12. The Balaban J connectivity index is 2.40. The first-order valence-corrected chi connectivity index (χ1v) is 6.46. The van der Waals surface area contributed by atoms with Crippen LogP contribution in [0, 0.1) is 5.92 Å². The van der Waals surface area contributed by atoms with Crippen LogP contribution < -0.4 is 5.32 Å². The maximum Gasteiger partial charge on any atom is 0.420 e. The van der Waals surface area contributed by atoms with Crippen molar-refractivity contribution in [1.29, 1.82) is 0 Å². The normalized spacial score (nSPS) is 12.1. The van der Waals surface area contributed by atoms with Crippen molar-refractivity contribution in [2.45, 2.75) is 26.6 Å². The van der Waals surface area contributed by atoms with Gasteiger partial charge in [-0.1, -0.05) is 25.4 Å². The molecule has 0 aliphatic carbocycles. The van der Waals surface area contributed by atoms with E-state index in [1.807, 2.05) is 0 Å². The number of pyridine rings is 1. The third-order valence-electron chi connectivity index (χ3n) is 2.79. The molecule has 0 bridgehead atoms. The van der Waals surface area contributed by atoms with Crippen molar-refractivity contribution in [3.05, 3.63) is 28.7 Å². The van der Waals surface area contributed by atoms with Crippen LogP contribution in [-0.2, 0) is 17.5 Å². The summed E-state index contributed by atoms with van der Waals surface area (Å²) in [6, 6.07) is 0.794. The van der Waals surface area contributed by atoms with Crippen LogP contribution >= 0.6 is 11.6 Å². The minimum absolute atomic E-state index is 0.0319. The van der Waals surface area contributed by atoms with E-state index >= 15 is 0 Å². The van der Waals surface area contributed by atoms with Gasteiger partial charge in [-0.2, -0.15) is 13.2 Å². The summed E-state index contributed by atoms with van der Waals surface area (Å²) < 4.78 is 39.9. The highest BCUT2D eigenvalue weighted by atomic mass is 35.5. The number of carbonyl (C=O) groups excluding carboxylic acids is 1. The fourth-order valence-corrected chi connectivity index (χ4v) is 1.91. The monoisotopic (exact) mass is 320 g/mol. The van der Waals surface area contributed by atoms with Gasteiger partial charge in [0.1, 0.15) is 5.56 Å². The predicted octanol–water partition coefficient (Wildman–Crippen LogP) is 2.67. The molecule has 2 aromatic heterocycles. The largest absolute Gasteiger partial charge is 0.420 e. The van der Waals surface area contributed by atoms with E-state index in [9.17, 15) is 18.0 Å². The summed E-state index contributed by atoms with van der Waals surface area (Å²) in [5.74, 6) is -0.296. The number of alkyl halides is 3. The van der Waals surface area contributed by atoms with Crippen molar-refractivity contribution in [1.82, 2.24) is 19.9 Å². The highest BCUT2D eigenvalue weighted by molar-refractivity contribution is 6.30. The summed E-state index contributed by atoms with van der Waals surface area (Å²) in [4.78, 5) is 11.5. The maximum absolute atomic E-state index is 12.9. The lowest BCUT2D eigenvalue weighted by molar-refractivity contribution is -0.136. The number of nitrogens with one attached hydrogen (secondary N) is 1. The molecular weight excluding hydrogens is 309 g/mol. The molecule has 21 heavy (non-hydrogen) atoms. The Morgan fingerprint density at radius 1 is 1.43 bits per heavy atom. The van der Waals surface area contributed by atoms with Gasteiger partial charge in [0, 0.05) is 12.1 Å². The summed E-state index contributed by atoms with van der Waals surface area (Å²) in [6.45, 7) is 3.38. The molecule has 0 aromatic carbocycles. The number of hydrogen-bond acceptors (Lipinski definition) is 3. The van der Waals surface area contributed by atoms with E-state index in [1.54, 1.807) is 13.8 Å². The Hall–Kier alpha value is -1.83. The molecule has 0 saturated carbocycles. The number of halogens is 4. The van der Waals surface area contributed by atoms with Gasteiger partial charge in [0.25, 0.3) is 0 Å². The zero-order valence-corrected chi connectivity index (χ0v) is 12.0. The average molecular weight is 321 g/mol. The molecule has 5 nitrogen and oxygen atoms in total. The van der Waals surface area contributed by atoms with Gasteiger partial charge in [0.2, 0.25) is 5.91 Å². The maximum atomic E-state index is 12.9. The molecule has 1 N–H and O–H groups in total. The van der Waals surface area contributed by atoms with Gasteiger partial charge in [0.15, 0.2) is 11.5 Å². The highest BCUT2D eigenvalue weighted by Gasteiger charge is 2.35. The molecule has 0 aliphatic heterocycles. The Bertz CT molecular complexity index is 681. The molecule has 0 radical (unpaired) electrons. The Morgan fingerprint density at radius 3 is 2.67 bits per heavy atom. The lowest BCUT2D eigenvalue weighted by atomic mass is 10.2. The van der Waals surface area contributed by atoms with E-state index in [0.717, 1.165) is 10.5 Å². The van der Waals surface area contributed by atoms with Crippen molar-refractivity contribution in [3.63, 3.8) is 0 Å². The number of fused-ring (bicyclic) bond motifs is 1. The number of hydrogen-bond donors (Lipinski definition) is 1. The van der Waals surface area contributed by atoms with Crippen molar-refractivity contribution in [2.24, 2.45) is 5.92 Å². The molecule has 114 valence electrons. The molecule has 9 heteroatoms. The molecule has 0 atom stereocenters. The van der Waals surface area contributed by atoms with Gasteiger partial charge in [0.05, 0.1) is 11.6 Å². The topological polar surface area (TPSA) is 59.3 Å². The predicted molar refractivity (Wildman–Crippen MR) is 69.7 cm³/mol. The zero-order valence-electron chi connectivity index (χ0n) is 11.2. The Labute approximate surface area is 123 Å². The van der Waals surface area contributed by atoms with Gasteiger partial charge in [-0.3, -0.25) is 9.20 Å². The molecule has 1 amide bonds. The Morgan fingerprint density at radius 2 is 2.10 bits per heavy atom. The number of carbonyl (C=O) groups is 1. The van der Waals surface area contributed by atoms with E-state index in [1.165, 1.54) is 6.20 Å². The minimum Gasteiger partial charge on any atom is -0.349 e. The van der Waals surface area contributed by atoms with E-state index in [4.69, 9.17) is 11.6 Å². The van der Waals surface area contributed by atoms with Crippen molar-refractivity contribution < 1.29 is 18.0 Å². The molecular formula is C12H12ClF3N4O. The molecule has 0 fully saturated rings. The molecule has 2 heterocycles. The molecule has 0 saturated heterocycles. The van der Waals surface area contributed by atoms with Crippen LogP contribution in [0.5, 0.6) is 0 Å². The second kappa shape index (κ2) is 5.51. The van der Waals surface area contributed by atoms with E-state index < -0.39 is 11.7 Å². The summed E-state index contributed by atoms with van der Waals surface area (Å²) >= 11 is 5.71. The van der Waals surface area contributed by atoms with E-state index in [2.05, 4.69) is 15.5 Å². The van der Waals surface area contributed by atoms with Gasteiger partial charge in [-0.05, 0) is 6.07 Å². The number of aromatic nitrogens is 3. The molecule has 2 aromatic rings. The van der Waals surface area contributed by atoms with Crippen LogP contribution in [-0.4, -0.2) is 20.5 Å². The third kappa shape index (κ3) is 3.26. The minimum atomic E-state index is -4.59. The fraction of sp³-hybridized carbons (Fsp3) is 0.417.